The van der Waals surface area contributed by atoms with Crippen LogP contribution in [0, 0.1) is 31.6 Å². The molecule has 0 aliphatic heterocycles. The first-order valence-electron chi connectivity index (χ1n) is 5.72. The number of benzene rings is 2. The second kappa shape index (κ2) is 6.07. The Labute approximate surface area is 128 Å². The van der Waals surface area contributed by atoms with Gasteiger partial charge in [-0.15, -0.1) is 0 Å². The lowest BCUT2D eigenvalue weighted by Gasteiger charge is -2.08. The van der Waals surface area contributed by atoms with Crippen LogP contribution in [0.4, 0.5) is 11.4 Å². The fourth-order valence-electron chi connectivity index (χ4n) is 1.65. The average molecular weight is 320 g/mol. The normalized spacial score (nSPS) is 9.82. The first-order valence-corrected chi connectivity index (χ1v) is 6.10. The zero-order chi connectivity index (χ0) is 16.3. The topological polar surface area (TPSA) is 119 Å². The van der Waals surface area contributed by atoms with Crippen molar-refractivity contribution in [2.24, 2.45) is 0 Å². The first kappa shape index (κ1) is 15.2. The van der Waals surface area contributed by atoms with Gasteiger partial charge in [-0.1, -0.05) is 11.6 Å². The van der Waals surface area contributed by atoms with Crippen molar-refractivity contribution in [3.8, 4) is 17.6 Å². The van der Waals surface area contributed by atoms with Gasteiger partial charge in [0.05, 0.1) is 9.85 Å². The van der Waals surface area contributed by atoms with E-state index in [-0.39, 0.29) is 33.5 Å². The molecule has 2 aromatic carbocycles. The Bertz CT molecular complexity index is 816. The van der Waals surface area contributed by atoms with Crippen LogP contribution in [0.25, 0.3) is 0 Å². The Morgan fingerprint density at radius 3 is 2.32 bits per heavy atom. The van der Waals surface area contributed by atoms with Crippen LogP contribution < -0.4 is 4.74 Å². The lowest BCUT2D eigenvalue weighted by molar-refractivity contribution is -0.385. The lowest BCUT2D eigenvalue weighted by atomic mass is 10.2. The molecule has 0 aromatic heterocycles. The van der Waals surface area contributed by atoms with Gasteiger partial charge in [0.25, 0.3) is 5.69 Å². The number of hydrogen-bond acceptors (Lipinski definition) is 6. The minimum atomic E-state index is -0.682. The predicted octanol–water partition coefficient (Wildman–Crippen LogP) is 3.82. The van der Waals surface area contributed by atoms with E-state index in [1.54, 1.807) is 6.07 Å². The van der Waals surface area contributed by atoms with Crippen molar-refractivity contribution in [2.75, 3.05) is 0 Å². The van der Waals surface area contributed by atoms with Crippen LogP contribution in [0.15, 0.2) is 36.4 Å². The zero-order valence-electron chi connectivity index (χ0n) is 10.7. The van der Waals surface area contributed by atoms with Crippen LogP contribution in [-0.2, 0) is 0 Å². The molecule has 0 radical (unpaired) electrons. The van der Waals surface area contributed by atoms with Gasteiger partial charge in [0.1, 0.15) is 17.4 Å². The zero-order valence-corrected chi connectivity index (χ0v) is 11.5. The van der Waals surface area contributed by atoms with Gasteiger partial charge in [-0.3, -0.25) is 20.2 Å². The molecule has 0 spiro atoms. The summed E-state index contributed by atoms with van der Waals surface area (Å²) >= 11 is 5.69. The predicted molar refractivity (Wildman–Crippen MR) is 76.0 cm³/mol. The molecule has 0 aliphatic rings. The van der Waals surface area contributed by atoms with Gasteiger partial charge in [-0.2, -0.15) is 5.26 Å². The molecule has 0 atom stereocenters. The van der Waals surface area contributed by atoms with E-state index in [0.717, 1.165) is 18.2 Å². The standard InChI is InChI=1S/C13H6ClN3O5/c14-9-1-3-13(11(6-9)17(20)21)22-12-4-2-10(16(18)19)5-8(12)7-15/h1-6H. The number of halogens is 1. The molecule has 8 nitrogen and oxygen atoms in total. The maximum absolute atomic E-state index is 11.0. The molecule has 2 aromatic rings. The summed E-state index contributed by atoms with van der Waals surface area (Å²) in [4.78, 5) is 20.3. The molecular formula is C13H6ClN3O5. The summed E-state index contributed by atoms with van der Waals surface area (Å²) in [5, 5.41) is 30.8. The van der Waals surface area contributed by atoms with Crippen molar-refractivity contribution in [2.45, 2.75) is 0 Å². The summed E-state index contributed by atoms with van der Waals surface area (Å²) in [7, 11) is 0. The maximum Gasteiger partial charge on any atom is 0.313 e. The van der Waals surface area contributed by atoms with Crippen LogP contribution in [-0.4, -0.2) is 9.85 Å². The number of hydrogen-bond donors (Lipinski definition) is 0. The molecule has 9 heteroatoms. The van der Waals surface area contributed by atoms with Crippen molar-refractivity contribution in [1.29, 1.82) is 5.26 Å². The Balaban J connectivity index is 2.46. The second-order valence-corrected chi connectivity index (χ2v) is 4.46. The van der Waals surface area contributed by atoms with Crippen LogP contribution in [0.5, 0.6) is 11.5 Å². The van der Waals surface area contributed by atoms with Crippen LogP contribution in [0.1, 0.15) is 5.56 Å². The van der Waals surface area contributed by atoms with E-state index < -0.39 is 9.85 Å². The fraction of sp³-hybridized carbons (Fsp3) is 0. The molecule has 0 saturated carbocycles. The largest absolute Gasteiger partial charge is 0.449 e. The Morgan fingerprint density at radius 1 is 1.05 bits per heavy atom. The van der Waals surface area contributed by atoms with Crippen LogP contribution >= 0.6 is 11.6 Å². The fourth-order valence-corrected chi connectivity index (χ4v) is 1.81. The van der Waals surface area contributed by atoms with E-state index in [4.69, 9.17) is 21.6 Å². The highest BCUT2D eigenvalue weighted by Gasteiger charge is 2.19. The Morgan fingerprint density at radius 2 is 1.73 bits per heavy atom. The summed E-state index contributed by atoms with van der Waals surface area (Å²) in [6.07, 6.45) is 0. The molecule has 0 unspecified atom stereocenters. The third kappa shape index (κ3) is 3.11. The van der Waals surface area contributed by atoms with Crippen molar-refractivity contribution in [3.63, 3.8) is 0 Å². The highest BCUT2D eigenvalue weighted by Crippen LogP contribution is 2.35. The monoisotopic (exact) mass is 319 g/mol. The van der Waals surface area contributed by atoms with E-state index in [2.05, 4.69) is 0 Å². The molecule has 0 heterocycles. The molecule has 0 bridgehead atoms. The Kier molecular flexibility index (Phi) is 4.20. The minimum Gasteiger partial charge on any atom is -0.449 e. The summed E-state index contributed by atoms with van der Waals surface area (Å²) in [5.74, 6) is -0.154. The molecule has 0 N–H and O–H groups in total. The number of non-ortho nitro benzene ring substituents is 1. The van der Waals surface area contributed by atoms with Crippen molar-refractivity contribution in [3.05, 3.63) is 67.2 Å². The highest BCUT2D eigenvalue weighted by molar-refractivity contribution is 6.30. The number of nitro benzene ring substituents is 2. The number of ether oxygens (including phenoxy) is 1. The molecule has 0 aliphatic carbocycles. The molecule has 0 saturated heterocycles. The van der Waals surface area contributed by atoms with Crippen molar-refractivity contribution >= 4 is 23.0 Å². The molecule has 22 heavy (non-hydrogen) atoms. The van der Waals surface area contributed by atoms with Gasteiger partial charge >= 0.3 is 5.69 Å². The van der Waals surface area contributed by atoms with Gasteiger partial charge in [0.2, 0.25) is 5.75 Å². The van der Waals surface area contributed by atoms with Gasteiger partial charge in [-0.05, 0) is 18.2 Å². The Hall–Kier alpha value is -3.18. The van der Waals surface area contributed by atoms with E-state index >= 15 is 0 Å². The molecular weight excluding hydrogens is 314 g/mol. The summed E-state index contributed by atoms with van der Waals surface area (Å²) in [6, 6.07) is 8.89. The highest BCUT2D eigenvalue weighted by atomic mass is 35.5. The first-order chi connectivity index (χ1) is 10.4. The van der Waals surface area contributed by atoms with Crippen LogP contribution in [0.3, 0.4) is 0 Å². The number of rotatable bonds is 4. The summed E-state index contributed by atoms with van der Waals surface area (Å²) in [5.41, 5.74) is -0.775. The average Bonchev–Trinajstić information content (AvgIpc) is 2.48. The maximum atomic E-state index is 11.0. The van der Waals surface area contributed by atoms with Crippen molar-refractivity contribution < 1.29 is 14.6 Å². The van der Waals surface area contributed by atoms with Gasteiger partial charge in [0, 0.05) is 23.2 Å². The van der Waals surface area contributed by atoms with E-state index in [0.29, 0.717) is 0 Å². The van der Waals surface area contributed by atoms with Crippen molar-refractivity contribution in [1.82, 2.24) is 0 Å². The van der Waals surface area contributed by atoms with E-state index in [1.807, 2.05) is 0 Å². The quantitative estimate of drug-likeness (QED) is 0.624. The summed E-state index contributed by atoms with van der Waals surface area (Å²) in [6.45, 7) is 0. The van der Waals surface area contributed by atoms with E-state index in [1.165, 1.54) is 18.2 Å². The number of nitriles is 1. The molecule has 0 fully saturated rings. The van der Waals surface area contributed by atoms with Crippen LogP contribution in [0.2, 0.25) is 5.02 Å². The SMILES string of the molecule is N#Cc1cc([N+](=O)[O-])ccc1Oc1ccc(Cl)cc1[N+](=O)[O-]. The third-order valence-electron chi connectivity index (χ3n) is 2.63. The second-order valence-electron chi connectivity index (χ2n) is 4.02. The third-order valence-corrected chi connectivity index (χ3v) is 2.87. The minimum absolute atomic E-state index is 0.0291. The number of nitro groups is 2. The smallest absolute Gasteiger partial charge is 0.313 e. The molecule has 2 rings (SSSR count). The molecule has 110 valence electrons. The summed E-state index contributed by atoms with van der Waals surface area (Å²) < 4.78 is 5.34. The van der Waals surface area contributed by atoms with Gasteiger partial charge < -0.3 is 4.74 Å². The lowest BCUT2D eigenvalue weighted by Crippen LogP contribution is -1.96. The number of nitrogens with zero attached hydrogens (tertiary/aromatic N) is 3. The molecule has 0 amide bonds. The van der Waals surface area contributed by atoms with E-state index in [9.17, 15) is 20.2 Å². The van der Waals surface area contributed by atoms with Gasteiger partial charge in [0.15, 0.2) is 0 Å². The van der Waals surface area contributed by atoms with Gasteiger partial charge in [-0.25, -0.2) is 0 Å².